The molecule has 7 heteroatoms. The molecule has 1 unspecified atom stereocenters. The number of halogens is 1. The molecule has 1 aromatic heterocycles. The number of hydrogen-bond donors (Lipinski definition) is 2. The molecule has 2 aromatic rings. The monoisotopic (exact) mass is 309 g/mol. The molecule has 1 atom stereocenters. The fourth-order valence-corrected chi connectivity index (χ4v) is 3.30. The van der Waals surface area contributed by atoms with E-state index >= 15 is 0 Å². The minimum Gasteiger partial charge on any atom is -0.387 e. The van der Waals surface area contributed by atoms with Crippen molar-refractivity contribution < 1.29 is 12.8 Å². The van der Waals surface area contributed by atoms with Crippen LogP contribution in [0.3, 0.4) is 0 Å². The van der Waals surface area contributed by atoms with E-state index in [2.05, 4.69) is 15.0 Å². The zero-order valence-electron chi connectivity index (χ0n) is 11.7. The van der Waals surface area contributed by atoms with Gasteiger partial charge in [-0.1, -0.05) is 12.1 Å². The molecule has 21 heavy (non-hydrogen) atoms. The highest BCUT2D eigenvalue weighted by Gasteiger charge is 2.21. The lowest BCUT2D eigenvalue weighted by Crippen LogP contribution is -2.27. The number of nitrogens with zero attached hydrogens (tertiary/aromatic N) is 1. The second-order valence-electron chi connectivity index (χ2n) is 4.52. The molecule has 2 N–H and O–H groups in total. The Morgan fingerprint density at radius 2 is 1.86 bits per heavy atom. The van der Waals surface area contributed by atoms with Crippen LogP contribution < -0.4 is 10.0 Å². The molecule has 5 nitrogen and oxygen atoms in total. The van der Waals surface area contributed by atoms with E-state index in [4.69, 9.17) is 0 Å². The molecule has 112 valence electrons. The van der Waals surface area contributed by atoms with E-state index in [1.165, 1.54) is 24.5 Å². The van der Waals surface area contributed by atoms with Gasteiger partial charge in [-0.25, -0.2) is 17.5 Å². The molecule has 0 radical (unpaired) electrons. The molecule has 1 aromatic carbocycles. The minimum absolute atomic E-state index is 0.0708. The molecular formula is C14H16FN3O2S. The van der Waals surface area contributed by atoms with E-state index < -0.39 is 16.1 Å². The second-order valence-corrected chi connectivity index (χ2v) is 6.20. The minimum atomic E-state index is -3.73. The summed E-state index contributed by atoms with van der Waals surface area (Å²) < 4.78 is 40.2. The largest absolute Gasteiger partial charge is 0.387 e. The highest BCUT2D eigenvalue weighted by Crippen LogP contribution is 2.22. The lowest BCUT2D eigenvalue weighted by molar-refractivity contribution is 0.566. The average Bonchev–Trinajstić information content (AvgIpc) is 2.47. The van der Waals surface area contributed by atoms with Crippen molar-refractivity contribution >= 4 is 15.7 Å². The third-order valence-corrected chi connectivity index (χ3v) is 4.61. The third-order valence-electron chi connectivity index (χ3n) is 3.05. The number of anilines is 1. The molecule has 0 aliphatic heterocycles. The van der Waals surface area contributed by atoms with Gasteiger partial charge in [-0.2, -0.15) is 0 Å². The quantitative estimate of drug-likeness (QED) is 0.889. The molecule has 2 rings (SSSR count). The maximum Gasteiger partial charge on any atom is 0.244 e. The van der Waals surface area contributed by atoms with E-state index in [-0.39, 0.29) is 10.7 Å². The van der Waals surface area contributed by atoms with Crippen LogP contribution in [0.5, 0.6) is 0 Å². The van der Waals surface area contributed by atoms with Crippen LogP contribution in [-0.2, 0) is 10.0 Å². The molecule has 0 saturated heterocycles. The molecule has 0 amide bonds. The van der Waals surface area contributed by atoms with Gasteiger partial charge in [0.2, 0.25) is 10.0 Å². The number of rotatable bonds is 5. The zero-order valence-corrected chi connectivity index (χ0v) is 12.5. The molecule has 0 aliphatic carbocycles. The lowest BCUT2D eigenvalue weighted by atomic mass is 10.1. The van der Waals surface area contributed by atoms with Crippen LogP contribution in [0.1, 0.15) is 18.5 Å². The van der Waals surface area contributed by atoms with Crippen LogP contribution in [0.25, 0.3) is 0 Å². The van der Waals surface area contributed by atoms with Gasteiger partial charge < -0.3 is 5.32 Å². The number of pyridine rings is 1. The summed E-state index contributed by atoms with van der Waals surface area (Å²) in [4.78, 5) is 3.91. The van der Waals surface area contributed by atoms with Crippen LogP contribution in [-0.4, -0.2) is 20.4 Å². The van der Waals surface area contributed by atoms with Gasteiger partial charge in [0.05, 0.1) is 5.69 Å². The van der Waals surface area contributed by atoms with Crippen molar-refractivity contribution in [2.24, 2.45) is 0 Å². The standard InChI is InChI=1S/C14H16FN3O2S/c1-10(11-3-5-12(15)6-4-11)18-21(19,20)14-9-17-8-7-13(14)16-2/h3-10,18H,1-2H3,(H,16,17). The Morgan fingerprint density at radius 3 is 2.48 bits per heavy atom. The van der Waals surface area contributed by atoms with Gasteiger partial charge in [0.15, 0.2) is 0 Å². The highest BCUT2D eigenvalue weighted by atomic mass is 32.2. The molecule has 0 bridgehead atoms. The maximum atomic E-state index is 12.9. The summed E-state index contributed by atoms with van der Waals surface area (Å²) in [5, 5.41) is 2.81. The van der Waals surface area contributed by atoms with Crippen LogP contribution in [0.4, 0.5) is 10.1 Å². The molecule has 0 spiro atoms. The van der Waals surface area contributed by atoms with Gasteiger partial charge in [-0.15, -0.1) is 0 Å². The van der Waals surface area contributed by atoms with Crippen molar-refractivity contribution in [3.05, 3.63) is 54.1 Å². The Bertz CT molecular complexity index is 717. The van der Waals surface area contributed by atoms with Crippen molar-refractivity contribution in [3.63, 3.8) is 0 Å². The number of sulfonamides is 1. The SMILES string of the molecule is CNc1ccncc1S(=O)(=O)NC(C)c1ccc(F)cc1. The summed E-state index contributed by atoms with van der Waals surface area (Å²) in [6, 6.07) is 6.78. The topological polar surface area (TPSA) is 71.1 Å². The van der Waals surface area contributed by atoms with Crippen molar-refractivity contribution in [1.29, 1.82) is 0 Å². The fraction of sp³-hybridized carbons (Fsp3) is 0.214. The van der Waals surface area contributed by atoms with Crippen molar-refractivity contribution in [2.75, 3.05) is 12.4 Å². The van der Waals surface area contributed by atoms with Gasteiger partial charge in [0.25, 0.3) is 0 Å². The fourth-order valence-electron chi connectivity index (χ4n) is 1.92. The van der Waals surface area contributed by atoms with E-state index in [1.54, 1.807) is 32.2 Å². The van der Waals surface area contributed by atoms with Crippen LogP contribution in [0.2, 0.25) is 0 Å². The first kappa shape index (κ1) is 15.4. The first-order valence-electron chi connectivity index (χ1n) is 6.33. The predicted octanol–water partition coefficient (Wildman–Crippen LogP) is 2.30. The molecular weight excluding hydrogens is 293 g/mol. The maximum absolute atomic E-state index is 12.9. The molecule has 0 fully saturated rings. The smallest absolute Gasteiger partial charge is 0.244 e. The van der Waals surface area contributed by atoms with Gasteiger partial charge in [-0.05, 0) is 30.7 Å². The number of benzene rings is 1. The van der Waals surface area contributed by atoms with Crippen LogP contribution >= 0.6 is 0 Å². The van der Waals surface area contributed by atoms with Crippen molar-refractivity contribution in [2.45, 2.75) is 17.9 Å². The Kier molecular flexibility index (Phi) is 4.54. The second kappa shape index (κ2) is 6.19. The normalized spacial score (nSPS) is 12.9. The summed E-state index contributed by atoms with van der Waals surface area (Å²) in [5.74, 6) is -0.362. The van der Waals surface area contributed by atoms with Gasteiger partial charge in [0.1, 0.15) is 10.7 Å². The summed E-state index contributed by atoms with van der Waals surface area (Å²) in [5.41, 5.74) is 1.14. The van der Waals surface area contributed by atoms with E-state index in [1.807, 2.05) is 0 Å². The van der Waals surface area contributed by atoms with E-state index in [0.717, 1.165) is 0 Å². The van der Waals surface area contributed by atoms with E-state index in [0.29, 0.717) is 11.3 Å². The zero-order chi connectivity index (χ0) is 15.5. The Labute approximate surface area is 123 Å². The van der Waals surface area contributed by atoms with Gasteiger partial charge in [0, 0.05) is 25.5 Å². The van der Waals surface area contributed by atoms with Crippen molar-refractivity contribution in [1.82, 2.24) is 9.71 Å². The Morgan fingerprint density at radius 1 is 1.19 bits per heavy atom. The summed E-state index contributed by atoms with van der Waals surface area (Å²) in [6.45, 7) is 1.69. The highest BCUT2D eigenvalue weighted by molar-refractivity contribution is 7.89. The first-order chi connectivity index (χ1) is 9.94. The molecule has 0 aliphatic rings. The number of hydrogen-bond acceptors (Lipinski definition) is 4. The summed E-state index contributed by atoms with van der Waals surface area (Å²) >= 11 is 0. The first-order valence-corrected chi connectivity index (χ1v) is 7.82. The van der Waals surface area contributed by atoms with Gasteiger partial charge in [-0.3, -0.25) is 4.98 Å². The van der Waals surface area contributed by atoms with E-state index in [9.17, 15) is 12.8 Å². The average molecular weight is 309 g/mol. The predicted molar refractivity (Wildman–Crippen MR) is 78.9 cm³/mol. The molecule has 1 heterocycles. The van der Waals surface area contributed by atoms with Crippen LogP contribution in [0, 0.1) is 5.82 Å². The van der Waals surface area contributed by atoms with Crippen molar-refractivity contribution in [3.8, 4) is 0 Å². The third kappa shape index (κ3) is 3.56. The Balaban J connectivity index is 2.26. The Hall–Kier alpha value is -1.99. The van der Waals surface area contributed by atoms with Gasteiger partial charge >= 0.3 is 0 Å². The molecule has 0 saturated carbocycles. The summed E-state index contributed by atoms with van der Waals surface area (Å²) in [6.07, 6.45) is 2.79. The summed E-state index contributed by atoms with van der Waals surface area (Å²) in [7, 11) is -2.09. The lowest BCUT2D eigenvalue weighted by Gasteiger charge is -2.16. The van der Waals surface area contributed by atoms with Crippen LogP contribution in [0.15, 0.2) is 47.6 Å². The number of nitrogens with one attached hydrogen (secondary N) is 2. The number of aromatic nitrogens is 1.